The molecule has 0 saturated heterocycles. The normalized spacial score (nSPS) is 25.6. The standard InChI is InChI=1S/C11H18N2O3.C6H12O.Na/c1-4-6-7(3)11(5-2)8(14)12-10(16)13-9(11)15;7-6-4-2-1-3-5-6;/h7H,4-6H2,1-3H3,(H2,12,13,14,15,16);6-7H,1-5H2;/q;;+1/p-1. The van der Waals surface area contributed by atoms with Gasteiger partial charge in [-0.2, -0.15) is 0 Å². The number of aliphatic hydroxyl groups excluding tert-OH is 1. The van der Waals surface area contributed by atoms with Crippen LogP contribution in [0.5, 0.6) is 0 Å². The number of nitrogens with one attached hydrogen (secondary N) is 1. The zero-order valence-corrected chi connectivity index (χ0v) is 17.4. The number of nitrogens with zero attached hydrogens (tertiary/aromatic N) is 1. The average Bonchev–Trinajstić information content (AvgIpc) is 2.49. The Morgan fingerprint density at radius 2 is 1.88 bits per heavy atom. The monoisotopic (exact) mass is 348 g/mol. The molecule has 1 fully saturated rings. The zero-order chi connectivity index (χ0) is 17.5. The first-order chi connectivity index (χ1) is 10.9. The van der Waals surface area contributed by atoms with Gasteiger partial charge in [-0.1, -0.05) is 46.5 Å². The molecule has 7 heteroatoms. The van der Waals surface area contributed by atoms with Crippen molar-refractivity contribution in [3.05, 3.63) is 0 Å². The Balaban J connectivity index is 0.000000555. The fourth-order valence-electron chi connectivity index (χ4n) is 3.38. The number of aliphatic imine (C=N–C) groups is 1. The van der Waals surface area contributed by atoms with E-state index in [0.717, 1.165) is 25.7 Å². The Morgan fingerprint density at radius 1 is 1.29 bits per heavy atom. The van der Waals surface area contributed by atoms with Gasteiger partial charge in [-0.25, -0.2) is 4.99 Å². The molecular formula is C17H29N2NaO4. The van der Waals surface area contributed by atoms with Gasteiger partial charge in [0.15, 0.2) is 0 Å². The number of aliphatic hydroxyl groups is 1. The summed E-state index contributed by atoms with van der Waals surface area (Å²) in [5.41, 5.74) is -1.15. The van der Waals surface area contributed by atoms with Crippen molar-refractivity contribution in [2.45, 2.75) is 78.2 Å². The van der Waals surface area contributed by atoms with E-state index in [0.29, 0.717) is 6.42 Å². The molecule has 1 heterocycles. The molecule has 1 aliphatic carbocycles. The topological polar surface area (TPSA) is 102 Å². The maximum atomic E-state index is 11.9. The summed E-state index contributed by atoms with van der Waals surface area (Å²) < 4.78 is 0. The Morgan fingerprint density at radius 3 is 2.25 bits per heavy atom. The van der Waals surface area contributed by atoms with E-state index >= 15 is 0 Å². The summed E-state index contributed by atoms with van der Waals surface area (Å²) in [5.74, 6) is -1.20. The molecule has 1 aliphatic heterocycles. The van der Waals surface area contributed by atoms with E-state index in [2.05, 4.69) is 10.3 Å². The number of hydrogen-bond donors (Lipinski definition) is 2. The van der Waals surface area contributed by atoms with E-state index < -0.39 is 23.3 Å². The molecular weight excluding hydrogens is 319 g/mol. The molecule has 2 amide bonds. The molecule has 132 valence electrons. The molecule has 6 nitrogen and oxygen atoms in total. The molecule has 0 aromatic carbocycles. The van der Waals surface area contributed by atoms with Crippen molar-refractivity contribution in [3.63, 3.8) is 0 Å². The summed E-state index contributed by atoms with van der Waals surface area (Å²) in [6.07, 6.45) is 7.94. The van der Waals surface area contributed by atoms with Gasteiger partial charge in [0.1, 0.15) is 5.41 Å². The minimum atomic E-state index is -1.15. The second-order valence-electron chi connectivity index (χ2n) is 6.48. The van der Waals surface area contributed by atoms with Gasteiger partial charge in [0.05, 0.1) is 12.1 Å². The van der Waals surface area contributed by atoms with Crippen molar-refractivity contribution in [1.82, 2.24) is 5.32 Å². The van der Waals surface area contributed by atoms with Crippen LogP contribution in [0.25, 0.3) is 0 Å². The summed E-state index contributed by atoms with van der Waals surface area (Å²) in [4.78, 5) is 27.1. The van der Waals surface area contributed by atoms with Crippen LogP contribution >= 0.6 is 0 Å². The Labute approximate surface area is 166 Å². The molecule has 2 rings (SSSR count). The first-order valence-corrected chi connectivity index (χ1v) is 8.68. The number of amidine groups is 1. The van der Waals surface area contributed by atoms with Crippen molar-refractivity contribution in [2.24, 2.45) is 16.3 Å². The van der Waals surface area contributed by atoms with E-state index in [1.54, 1.807) is 6.92 Å². The van der Waals surface area contributed by atoms with Gasteiger partial charge in [-0.3, -0.25) is 9.59 Å². The summed E-state index contributed by atoms with van der Waals surface area (Å²) in [6.45, 7) is 5.62. The second-order valence-corrected chi connectivity index (χ2v) is 6.48. The summed E-state index contributed by atoms with van der Waals surface area (Å²) in [7, 11) is 0. The van der Waals surface area contributed by atoms with Crippen molar-refractivity contribution in [1.29, 1.82) is 0 Å². The molecule has 2 atom stereocenters. The van der Waals surface area contributed by atoms with Gasteiger partial charge in [-0.05, 0) is 31.6 Å². The van der Waals surface area contributed by atoms with Gasteiger partial charge in [0, 0.05) is 0 Å². The molecule has 2 aliphatic rings. The fraction of sp³-hybridized carbons (Fsp3) is 0.824. The number of hydrogen-bond acceptors (Lipinski definition) is 4. The predicted molar refractivity (Wildman–Crippen MR) is 86.5 cm³/mol. The zero-order valence-electron chi connectivity index (χ0n) is 15.4. The largest absolute Gasteiger partial charge is 1.00 e. The molecule has 0 aromatic rings. The molecule has 0 spiro atoms. The van der Waals surface area contributed by atoms with Gasteiger partial charge >= 0.3 is 29.6 Å². The quantitative estimate of drug-likeness (QED) is 0.477. The van der Waals surface area contributed by atoms with Gasteiger partial charge < -0.3 is 15.5 Å². The number of rotatable bonds is 4. The van der Waals surface area contributed by atoms with E-state index in [9.17, 15) is 14.7 Å². The third-order valence-electron chi connectivity index (χ3n) is 4.91. The molecule has 24 heavy (non-hydrogen) atoms. The first kappa shape index (κ1) is 23.6. The van der Waals surface area contributed by atoms with Crippen LogP contribution in [0.2, 0.25) is 0 Å². The van der Waals surface area contributed by atoms with Crippen molar-refractivity contribution in [3.8, 4) is 0 Å². The predicted octanol–water partition coefficient (Wildman–Crippen LogP) is -1.49. The first-order valence-electron chi connectivity index (χ1n) is 8.68. The Bertz CT molecular complexity index is 450. The SMILES string of the molecule is CCCC(C)C1(CC)C(=O)N=C([O-])NC1=O.OC1CCCCC1.[Na+]. The van der Waals surface area contributed by atoms with E-state index in [4.69, 9.17) is 5.11 Å². The van der Waals surface area contributed by atoms with Crippen molar-refractivity contribution in [2.75, 3.05) is 0 Å². The van der Waals surface area contributed by atoms with E-state index in [1.807, 2.05) is 13.8 Å². The Hall–Kier alpha value is -0.430. The van der Waals surface area contributed by atoms with Crippen LogP contribution in [-0.4, -0.2) is 29.0 Å². The fourth-order valence-corrected chi connectivity index (χ4v) is 3.38. The van der Waals surface area contributed by atoms with Gasteiger partial charge in [0.25, 0.3) is 5.91 Å². The van der Waals surface area contributed by atoms with Crippen LogP contribution in [0.3, 0.4) is 0 Å². The van der Waals surface area contributed by atoms with Crippen molar-refractivity contribution < 1.29 is 49.4 Å². The number of carbonyl (C=O) groups is 2. The Kier molecular flexibility index (Phi) is 11.0. The minimum absolute atomic E-state index is 0. The van der Waals surface area contributed by atoms with E-state index in [-0.39, 0.29) is 41.6 Å². The van der Waals surface area contributed by atoms with Crippen LogP contribution in [0.1, 0.15) is 72.1 Å². The third kappa shape index (κ3) is 5.83. The maximum absolute atomic E-state index is 11.9. The molecule has 2 unspecified atom stereocenters. The molecule has 0 bridgehead atoms. The van der Waals surface area contributed by atoms with Gasteiger partial charge in [0.2, 0.25) is 5.91 Å². The summed E-state index contributed by atoms with van der Waals surface area (Å²) >= 11 is 0. The van der Waals surface area contributed by atoms with Crippen LogP contribution in [0.4, 0.5) is 0 Å². The smallest absolute Gasteiger partial charge is 0.846 e. The van der Waals surface area contributed by atoms with Gasteiger partial charge in [-0.15, -0.1) is 0 Å². The number of carbonyl (C=O) groups excluding carboxylic acids is 2. The summed E-state index contributed by atoms with van der Waals surface area (Å²) in [6, 6.07) is -0.845. The second kappa shape index (κ2) is 11.2. The van der Waals surface area contributed by atoms with Crippen LogP contribution in [-0.2, 0) is 9.59 Å². The molecule has 1 saturated carbocycles. The maximum Gasteiger partial charge on any atom is 1.00 e. The molecule has 0 radical (unpaired) electrons. The van der Waals surface area contributed by atoms with Crippen molar-refractivity contribution >= 4 is 17.8 Å². The third-order valence-corrected chi connectivity index (χ3v) is 4.91. The average molecular weight is 348 g/mol. The summed E-state index contributed by atoms with van der Waals surface area (Å²) in [5, 5.41) is 22.0. The molecule has 0 aromatic heterocycles. The minimum Gasteiger partial charge on any atom is -0.846 e. The molecule has 2 N–H and O–H groups in total. The number of amides is 2. The van der Waals surface area contributed by atoms with Crippen LogP contribution < -0.4 is 40.0 Å². The van der Waals surface area contributed by atoms with E-state index in [1.165, 1.54) is 19.3 Å². The van der Waals surface area contributed by atoms with Crippen LogP contribution in [0, 0.1) is 11.3 Å². The van der Waals surface area contributed by atoms with Crippen LogP contribution in [0.15, 0.2) is 4.99 Å².